The van der Waals surface area contributed by atoms with Crippen LogP contribution < -0.4 is 10.6 Å². The molecule has 0 radical (unpaired) electrons. The van der Waals surface area contributed by atoms with Crippen molar-refractivity contribution < 1.29 is 13.6 Å². The lowest BCUT2D eigenvalue weighted by Gasteiger charge is -2.09. The molecule has 4 aromatic rings. The van der Waals surface area contributed by atoms with Gasteiger partial charge in [-0.25, -0.2) is 18.7 Å². The molecule has 0 aliphatic rings. The topological polar surface area (TPSA) is 79.8 Å². The first-order chi connectivity index (χ1) is 13.6. The molecule has 0 atom stereocenters. The third-order valence-corrected chi connectivity index (χ3v) is 3.95. The van der Waals surface area contributed by atoms with Crippen LogP contribution in [0.4, 0.5) is 26.1 Å². The number of anilines is 3. The molecule has 8 heteroatoms. The normalized spacial score (nSPS) is 10.6. The van der Waals surface area contributed by atoms with Crippen LogP contribution in [0.5, 0.6) is 0 Å². The first-order valence-corrected chi connectivity index (χ1v) is 8.30. The summed E-state index contributed by atoms with van der Waals surface area (Å²) in [5.41, 5.74) is 1.27. The van der Waals surface area contributed by atoms with Gasteiger partial charge in [-0.2, -0.15) is 0 Å². The third kappa shape index (κ3) is 3.61. The van der Waals surface area contributed by atoms with Crippen molar-refractivity contribution in [3.63, 3.8) is 0 Å². The van der Waals surface area contributed by atoms with Crippen LogP contribution in [0.25, 0.3) is 10.9 Å². The molecule has 2 aromatic carbocycles. The van der Waals surface area contributed by atoms with Gasteiger partial charge in [-0.15, -0.1) is 0 Å². The highest BCUT2D eigenvalue weighted by Crippen LogP contribution is 2.22. The second-order valence-electron chi connectivity index (χ2n) is 5.85. The van der Waals surface area contributed by atoms with Crippen molar-refractivity contribution in [1.82, 2.24) is 15.0 Å². The Hall–Kier alpha value is -3.94. The molecule has 0 bridgehead atoms. The fourth-order valence-corrected chi connectivity index (χ4v) is 2.65. The van der Waals surface area contributed by atoms with Crippen molar-refractivity contribution in [2.24, 2.45) is 0 Å². The van der Waals surface area contributed by atoms with Crippen LogP contribution >= 0.6 is 0 Å². The van der Waals surface area contributed by atoms with Crippen LogP contribution in [-0.4, -0.2) is 20.9 Å². The van der Waals surface area contributed by atoms with Crippen LogP contribution in [-0.2, 0) is 0 Å². The third-order valence-electron chi connectivity index (χ3n) is 3.95. The number of benzene rings is 2. The summed E-state index contributed by atoms with van der Waals surface area (Å²) in [6, 6.07) is 13.6. The van der Waals surface area contributed by atoms with Crippen LogP contribution in [0.2, 0.25) is 0 Å². The van der Waals surface area contributed by atoms with E-state index in [4.69, 9.17) is 0 Å². The molecule has 0 saturated heterocycles. The maximum Gasteiger partial charge on any atom is 0.274 e. The number of nitrogens with one attached hydrogen (secondary N) is 2. The van der Waals surface area contributed by atoms with Gasteiger partial charge in [0.25, 0.3) is 5.91 Å². The fourth-order valence-electron chi connectivity index (χ4n) is 2.65. The van der Waals surface area contributed by atoms with Gasteiger partial charge in [-0.3, -0.25) is 9.78 Å². The molecular weight excluding hydrogens is 364 g/mol. The number of amides is 1. The van der Waals surface area contributed by atoms with Crippen molar-refractivity contribution >= 4 is 34.1 Å². The van der Waals surface area contributed by atoms with Gasteiger partial charge in [0.05, 0.1) is 16.9 Å². The minimum absolute atomic E-state index is 0.00258. The lowest BCUT2D eigenvalue weighted by molar-refractivity contribution is 0.102. The van der Waals surface area contributed by atoms with Gasteiger partial charge < -0.3 is 10.6 Å². The first kappa shape index (κ1) is 17.5. The van der Waals surface area contributed by atoms with E-state index < -0.39 is 17.5 Å². The van der Waals surface area contributed by atoms with E-state index in [1.54, 1.807) is 12.3 Å². The molecule has 0 aliphatic heterocycles. The average molecular weight is 377 g/mol. The summed E-state index contributed by atoms with van der Waals surface area (Å²) < 4.78 is 26.8. The minimum atomic E-state index is -0.791. The number of carbonyl (C=O) groups is 1. The zero-order valence-corrected chi connectivity index (χ0v) is 14.4. The second-order valence-corrected chi connectivity index (χ2v) is 5.85. The maximum atomic E-state index is 13.8. The predicted octanol–water partition coefficient (Wildman–Crippen LogP) is 4.30. The minimum Gasteiger partial charge on any atom is -0.322 e. The Kier molecular flexibility index (Phi) is 4.59. The molecule has 138 valence electrons. The van der Waals surface area contributed by atoms with Crippen LogP contribution in [0.3, 0.4) is 0 Å². The molecular formula is C20H13F2N5O. The van der Waals surface area contributed by atoms with Gasteiger partial charge in [0.15, 0.2) is 0 Å². The monoisotopic (exact) mass is 377 g/mol. The maximum absolute atomic E-state index is 13.8. The number of carbonyl (C=O) groups excluding carboxylic acids is 1. The SMILES string of the molecule is O=C(Nc1cccc2cccnc12)c1ccnc(Nc2ccc(F)cc2F)n1. The Morgan fingerprint density at radius 3 is 2.61 bits per heavy atom. The number of nitrogens with zero attached hydrogens (tertiary/aromatic N) is 3. The highest BCUT2D eigenvalue weighted by molar-refractivity contribution is 6.07. The predicted molar refractivity (Wildman–Crippen MR) is 101 cm³/mol. The Morgan fingerprint density at radius 1 is 0.893 bits per heavy atom. The Morgan fingerprint density at radius 2 is 1.75 bits per heavy atom. The van der Waals surface area contributed by atoms with Crippen molar-refractivity contribution in [3.05, 3.63) is 84.3 Å². The number of aromatic nitrogens is 3. The summed E-state index contributed by atoms with van der Waals surface area (Å²) in [5.74, 6) is -1.95. The standard InChI is InChI=1S/C20H13F2N5O/c21-13-6-7-15(14(22)11-13)26-20-24-10-8-17(27-20)19(28)25-16-5-1-3-12-4-2-9-23-18(12)16/h1-11H,(H,25,28)(H,24,26,27). The smallest absolute Gasteiger partial charge is 0.274 e. The Bertz CT molecular complexity index is 1180. The highest BCUT2D eigenvalue weighted by Gasteiger charge is 2.12. The van der Waals surface area contributed by atoms with E-state index >= 15 is 0 Å². The van der Waals surface area contributed by atoms with Crippen molar-refractivity contribution in [3.8, 4) is 0 Å². The van der Waals surface area contributed by atoms with Gasteiger partial charge in [0.1, 0.15) is 17.3 Å². The second kappa shape index (κ2) is 7.36. The number of para-hydroxylation sites is 1. The average Bonchev–Trinajstić information content (AvgIpc) is 2.71. The first-order valence-electron chi connectivity index (χ1n) is 8.30. The summed E-state index contributed by atoms with van der Waals surface area (Å²) in [4.78, 5) is 24.9. The van der Waals surface area contributed by atoms with Crippen molar-refractivity contribution in [1.29, 1.82) is 0 Å². The number of hydrogen-bond donors (Lipinski definition) is 2. The van der Waals surface area contributed by atoms with E-state index in [9.17, 15) is 13.6 Å². The van der Waals surface area contributed by atoms with Crippen molar-refractivity contribution in [2.45, 2.75) is 0 Å². The van der Waals surface area contributed by atoms with Gasteiger partial charge >= 0.3 is 0 Å². The summed E-state index contributed by atoms with van der Waals surface area (Å²) in [5, 5.41) is 6.29. The number of fused-ring (bicyclic) bond motifs is 1. The van der Waals surface area contributed by atoms with Crippen LogP contribution in [0.15, 0.2) is 67.0 Å². The zero-order valence-electron chi connectivity index (χ0n) is 14.4. The molecule has 0 fully saturated rings. The highest BCUT2D eigenvalue weighted by atomic mass is 19.1. The Labute approximate surface area is 158 Å². The quantitative estimate of drug-likeness (QED) is 0.554. The lowest BCUT2D eigenvalue weighted by Crippen LogP contribution is -2.15. The molecule has 0 aliphatic carbocycles. The summed E-state index contributed by atoms with van der Waals surface area (Å²) in [6.07, 6.45) is 3.01. The largest absolute Gasteiger partial charge is 0.322 e. The molecule has 0 spiro atoms. The van der Waals surface area contributed by atoms with E-state index in [-0.39, 0.29) is 17.3 Å². The molecule has 4 rings (SSSR count). The van der Waals surface area contributed by atoms with Crippen LogP contribution in [0.1, 0.15) is 10.5 Å². The fraction of sp³-hybridized carbons (Fsp3) is 0. The van der Waals surface area contributed by atoms with Crippen molar-refractivity contribution in [2.75, 3.05) is 10.6 Å². The van der Waals surface area contributed by atoms with E-state index in [1.165, 1.54) is 18.3 Å². The van der Waals surface area contributed by atoms with Gasteiger partial charge in [-0.1, -0.05) is 18.2 Å². The zero-order chi connectivity index (χ0) is 19.5. The Balaban J connectivity index is 1.57. The summed E-state index contributed by atoms with van der Waals surface area (Å²) >= 11 is 0. The van der Waals surface area contributed by atoms with E-state index in [2.05, 4.69) is 25.6 Å². The summed E-state index contributed by atoms with van der Waals surface area (Å²) in [7, 11) is 0. The number of halogens is 2. The van der Waals surface area contributed by atoms with E-state index in [0.717, 1.165) is 17.5 Å². The van der Waals surface area contributed by atoms with Gasteiger partial charge in [-0.05, 0) is 30.3 Å². The molecule has 2 N–H and O–H groups in total. The van der Waals surface area contributed by atoms with E-state index in [1.807, 2.05) is 24.3 Å². The lowest BCUT2D eigenvalue weighted by atomic mass is 10.2. The number of pyridine rings is 1. The molecule has 0 unspecified atom stereocenters. The molecule has 28 heavy (non-hydrogen) atoms. The molecule has 2 heterocycles. The summed E-state index contributed by atoms with van der Waals surface area (Å²) in [6.45, 7) is 0. The molecule has 0 saturated carbocycles. The molecule has 2 aromatic heterocycles. The van der Waals surface area contributed by atoms with Gasteiger partial charge in [0, 0.05) is 23.8 Å². The van der Waals surface area contributed by atoms with Gasteiger partial charge in [0.2, 0.25) is 5.95 Å². The number of hydrogen-bond acceptors (Lipinski definition) is 5. The van der Waals surface area contributed by atoms with Crippen LogP contribution in [0, 0.1) is 11.6 Å². The number of rotatable bonds is 4. The molecule has 1 amide bonds. The van der Waals surface area contributed by atoms with E-state index in [0.29, 0.717) is 11.2 Å². The molecule has 6 nitrogen and oxygen atoms in total.